The molecule has 27 heavy (non-hydrogen) atoms. The number of ether oxygens (including phenoxy) is 1. The number of carbonyl (C=O) groups excluding carboxylic acids is 3. The molecule has 3 rings (SSSR count). The zero-order chi connectivity index (χ0) is 19.6. The topological polar surface area (TPSA) is 79.0 Å². The molecular weight excluding hydrogens is 346 g/mol. The molecule has 0 unspecified atom stereocenters. The average molecular weight is 373 g/mol. The summed E-state index contributed by atoms with van der Waals surface area (Å²) in [4.78, 5) is 40.8. The van der Waals surface area contributed by atoms with Gasteiger partial charge >= 0.3 is 0 Å². The van der Waals surface area contributed by atoms with Crippen LogP contribution < -0.4 is 5.32 Å². The van der Waals surface area contributed by atoms with Crippen LogP contribution in [0.15, 0.2) is 18.2 Å². The van der Waals surface area contributed by atoms with Gasteiger partial charge < -0.3 is 10.1 Å². The molecule has 1 aliphatic carbocycles. The Labute approximate surface area is 159 Å². The summed E-state index contributed by atoms with van der Waals surface area (Å²) < 4.78 is 5.13. The first-order valence-corrected chi connectivity index (χ1v) is 9.37. The number of nitrogens with zero attached hydrogens (tertiary/aromatic N) is 2. The predicted octanol–water partition coefficient (Wildman–Crippen LogP) is 1.48. The van der Waals surface area contributed by atoms with Crippen molar-refractivity contribution < 1.29 is 19.1 Å². The molecule has 0 aromatic heterocycles. The summed E-state index contributed by atoms with van der Waals surface area (Å²) in [6.07, 6.45) is 1.90. The molecule has 1 heterocycles. The lowest BCUT2D eigenvalue weighted by atomic mass is 10.1. The molecule has 1 aromatic carbocycles. The van der Waals surface area contributed by atoms with Crippen molar-refractivity contribution in [3.8, 4) is 0 Å². The maximum Gasteiger partial charge on any atom is 0.247 e. The minimum absolute atomic E-state index is 0.0406. The van der Waals surface area contributed by atoms with Gasteiger partial charge in [0.05, 0.1) is 25.6 Å². The van der Waals surface area contributed by atoms with Crippen LogP contribution in [0.3, 0.4) is 0 Å². The number of amides is 3. The molecule has 2 fully saturated rings. The van der Waals surface area contributed by atoms with Crippen molar-refractivity contribution in [3.05, 3.63) is 29.3 Å². The SMILES string of the molecule is COCCN(CC(=O)Nc1cccc(C)c1C)[C@H]1CC(=O)N(C2CC2)C1=O. The number of anilines is 1. The fourth-order valence-electron chi connectivity index (χ4n) is 3.45. The third-order valence-corrected chi connectivity index (χ3v) is 5.32. The van der Waals surface area contributed by atoms with Crippen LogP contribution in [0.2, 0.25) is 0 Å². The second-order valence-corrected chi connectivity index (χ2v) is 7.31. The summed E-state index contributed by atoms with van der Waals surface area (Å²) in [5.74, 6) is -0.520. The van der Waals surface area contributed by atoms with Crippen LogP contribution in [0.4, 0.5) is 5.69 Å². The van der Waals surface area contributed by atoms with E-state index in [0.29, 0.717) is 13.2 Å². The molecule has 7 nitrogen and oxygen atoms in total. The number of aryl methyl sites for hydroxylation is 1. The maximum absolute atomic E-state index is 12.7. The normalized spacial score (nSPS) is 19.9. The van der Waals surface area contributed by atoms with E-state index in [1.54, 1.807) is 12.0 Å². The molecule has 7 heteroatoms. The molecule has 1 saturated carbocycles. The van der Waals surface area contributed by atoms with Gasteiger partial charge in [-0.05, 0) is 43.9 Å². The van der Waals surface area contributed by atoms with Crippen molar-refractivity contribution in [2.24, 2.45) is 0 Å². The Morgan fingerprint density at radius 2 is 2.04 bits per heavy atom. The van der Waals surface area contributed by atoms with E-state index in [-0.39, 0.29) is 36.7 Å². The molecule has 3 amide bonds. The predicted molar refractivity (Wildman–Crippen MR) is 101 cm³/mol. The molecule has 1 saturated heterocycles. The first-order valence-electron chi connectivity index (χ1n) is 9.37. The highest BCUT2D eigenvalue weighted by molar-refractivity contribution is 6.06. The Kier molecular flexibility index (Phi) is 5.92. The van der Waals surface area contributed by atoms with Gasteiger partial charge in [-0.25, -0.2) is 0 Å². The Bertz CT molecular complexity index is 745. The van der Waals surface area contributed by atoms with E-state index < -0.39 is 6.04 Å². The van der Waals surface area contributed by atoms with E-state index in [9.17, 15) is 14.4 Å². The van der Waals surface area contributed by atoms with Gasteiger partial charge in [0.2, 0.25) is 17.7 Å². The van der Waals surface area contributed by atoms with Crippen molar-refractivity contribution in [3.63, 3.8) is 0 Å². The lowest BCUT2D eigenvalue weighted by Crippen LogP contribution is -2.47. The first kappa shape index (κ1) is 19.5. The second-order valence-electron chi connectivity index (χ2n) is 7.31. The fraction of sp³-hybridized carbons (Fsp3) is 0.550. The number of rotatable bonds is 8. The van der Waals surface area contributed by atoms with Gasteiger partial charge in [-0.2, -0.15) is 0 Å². The van der Waals surface area contributed by atoms with Gasteiger partial charge in [0, 0.05) is 25.4 Å². The molecule has 1 aliphatic heterocycles. The molecule has 1 N–H and O–H groups in total. The summed E-state index contributed by atoms with van der Waals surface area (Å²) in [5.41, 5.74) is 2.88. The van der Waals surface area contributed by atoms with Gasteiger partial charge in [-0.1, -0.05) is 12.1 Å². The van der Waals surface area contributed by atoms with Crippen LogP contribution in [0.5, 0.6) is 0 Å². The number of benzene rings is 1. The largest absolute Gasteiger partial charge is 0.383 e. The molecule has 0 radical (unpaired) electrons. The van der Waals surface area contributed by atoms with Crippen molar-refractivity contribution in [2.75, 3.05) is 32.1 Å². The number of nitrogens with one attached hydrogen (secondary N) is 1. The van der Waals surface area contributed by atoms with Gasteiger partial charge in [0.25, 0.3) is 0 Å². The minimum atomic E-state index is -0.586. The van der Waals surface area contributed by atoms with E-state index in [2.05, 4.69) is 5.32 Å². The number of hydrogen-bond acceptors (Lipinski definition) is 5. The average Bonchev–Trinajstić information content (AvgIpc) is 3.41. The van der Waals surface area contributed by atoms with Crippen LogP contribution in [0.1, 0.15) is 30.4 Å². The monoisotopic (exact) mass is 373 g/mol. The number of methoxy groups -OCH3 is 1. The molecule has 146 valence electrons. The van der Waals surface area contributed by atoms with Gasteiger partial charge in [-0.3, -0.25) is 24.2 Å². The first-order chi connectivity index (χ1) is 12.9. The highest BCUT2D eigenvalue weighted by Crippen LogP contribution is 2.32. The van der Waals surface area contributed by atoms with Crippen molar-refractivity contribution in [1.29, 1.82) is 0 Å². The highest BCUT2D eigenvalue weighted by atomic mass is 16.5. The molecule has 2 aliphatic rings. The van der Waals surface area contributed by atoms with E-state index in [1.165, 1.54) is 4.90 Å². The smallest absolute Gasteiger partial charge is 0.247 e. The lowest BCUT2D eigenvalue weighted by Gasteiger charge is -2.26. The van der Waals surface area contributed by atoms with Crippen LogP contribution in [-0.4, -0.2) is 66.4 Å². The van der Waals surface area contributed by atoms with Crippen LogP contribution in [0, 0.1) is 13.8 Å². The van der Waals surface area contributed by atoms with Crippen molar-refractivity contribution in [2.45, 2.75) is 45.2 Å². The Morgan fingerprint density at radius 3 is 2.70 bits per heavy atom. The molecule has 1 aromatic rings. The molecule has 0 spiro atoms. The van der Waals surface area contributed by atoms with Gasteiger partial charge in [0.15, 0.2) is 0 Å². The van der Waals surface area contributed by atoms with Crippen molar-refractivity contribution >= 4 is 23.4 Å². The zero-order valence-electron chi connectivity index (χ0n) is 16.2. The van der Waals surface area contributed by atoms with E-state index in [1.807, 2.05) is 32.0 Å². The third kappa shape index (κ3) is 4.36. The van der Waals surface area contributed by atoms with Gasteiger partial charge in [0.1, 0.15) is 0 Å². The molecule has 0 bridgehead atoms. The van der Waals surface area contributed by atoms with E-state index in [0.717, 1.165) is 29.7 Å². The number of imide groups is 1. The van der Waals surface area contributed by atoms with E-state index in [4.69, 9.17) is 4.74 Å². The quantitative estimate of drug-likeness (QED) is 0.699. The minimum Gasteiger partial charge on any atom is -0.383 e. The lowest BCUT2D eigenvalue weighted by molar-refractivity contribution is -0.140. The van der Waals surface area contributed by atoms with Crippen LogP contribution in [-0.2, 0) is 19.1 Å². The van der Waals surface area contributed by atoms with E-state index >= 15 is 0 Å². The Morgan fingerprint density at radius 1 is 1.30 bits per heavy atom. The Balaban J connectivity index is 1.69. The standard InChI is InChI=1S/C20H27N3O4/c1-13-5-4-6-16(14(13)2)21-18(24)12-22(9-10-27-3)17-11-19(25)23(20(17)26)15-7-8-15/h4-6,15,17H,7-12H2,1-3H3,(H,21,24)/t17-/m0/s1. The van der Waals surface area contributed by atoms with Crippen molar-refractivity contribution in [1.82, 2.24) is 9.80 Å². The van der Waals surface area contributed by atoms with Crippen LogP contribution >= 0.6 is 0 Å². The second kappa shape index (κ2) is 8.19. The number of likely N-dealkylation sites (tertiary alicyclic amines) is 1. The number of carbonyl (C=O) groups is 3. The molecular formula is C20H27N3O4. The summed E-state index contributed by atoms with van der Waals surface area (Å²) in [5, 5.41) is 2.92. The summed E-state index contributed by atoms with van der Waals surface area (Å²) >= 11 is 0. The Hall–Kier alpha value is -2.25. The zero-order valence-corrected chi connectivity index (χ0v) is 16.2. The summed E-state index contributed by atoms with van der Waals surface area (Å²) in [6, 6.07) is 5.22. The van der Waals surface area contributed by atoms with Crippen LogP contribution in [0.25, 0.3) is 0 Å². The molecule has 1 atom stereocenters. The number of hydrogen-bond donors (Lipinski definition) is 1. The summed E-state index contributed by atoms with van der Waals surface area (Å²) in [6.45, 7) is 4.79. The fourth-order valence-corrected chi connectivity index (χ4v) is 3.45. The maximum atomic E-state index is 12.7. The van der Waals surface area contributed by atoms with Gasteiger partial charge in [-0.15, -0.1) is 0 Å². The summed E-state index contributed by atoms with van der Waals surface area (Å²) in [7, 11) is 1.58. The highest BCUT2D eigenvalue weighted by Gasteiger charge is 2.48. The third-order valence-electron chi connectivity index (χ3n) is 5.32.